The molecule has 0 aliphatic rings. The van der Waals surface area contributed by atoms with Gasteiger partial charge in [-0.2, -0.15) is 0 Å². The first-order valence-electron chi connectivity index (χ1n) is 7.18. The summed E-state index contributed by atoms with van der Waals surface area (Å²) in [6.07, 6.45) is 0.0736. The highest BCUT2D eigenvalue weighted by atomic mass is 35.5. The predicted molar refractivity (Wildman–Crippen MR) is 90.0 cm³/mol. The van der Waals surface area contributed by atoms with Crippen molar-refractivity contribution < 1.29 is 23.8 Å². The third-order valence-electron chi connectivity index (χ3n) is 3.34. The predicted octanol–water partition coefficient (Wildman–Crippen LogP) is 3.33. The van der Waals surface area contributed by atoms with Gasteiger partial charge in [0, 0.05) is 11.1 Å². The summed E-state index contributed by atoms with van der Waals surface area (Å²) in [5, 5.41) is 0.592. The Morgan fingerprint density at radius 3 is 2.33 bits per heavy atom. The van der Waals surface area contributed by atoms with Gasteiger partial charge in [0.25, 0.3) is 0 Å². The summed E-state index contributed by atoms with van der Waals surface area (Å²) in [5.41, 5.74) is 1.09. The van der Waals surface area contributed by atoms with Crippen LogP contribution in [0.25, 0.3) is 0 Å². The second-order valence-corrected chi connectivity index (χ2v) is 5.39. The van der Waals surface area contributed by atoms with Gasteiger partial charge in [-0.05, 0) is 29.8 Å². The molecule has 2 aromatic carbocycles. The minimum Gasteiger partial charge on any atom is -0.497 e. The van der Waals surface area contributed by atoms with Crippen LogP contribution in [0.2, 0.25) is 5.02 Å². The quantitative estimate of drug-likeness (QED) is 0.567. The molecule has 0 N–H and O–H groups in total. The van der Waals surface area contributed by atoms with Crippen LogP contribution >= 0.6 is 11.6 Å². The Labute approximate surface area is 145 Å². The summed E-state index contributed by atoms with van der Waals surface area (Å²) in [5.74, 6) is 0.105. The van der Waals surface area contributed by atoms with Crippen molar-refractivity contribution in [2.45, 2.75) is 6.42 Å². The summed E-state index contributed by atoms with van der Waals surface area (Å²) >= 11 is 5.79. The molecule has 0 bridgehead atoms. The van der Waals surface area contributed by atoms with Crippen molar-refractivity contribution >= 4 is 23.4 Å². The molecule has 0 fully saturated rings. The summed E-state index contributed by atoms with van der Waals surface area (Å²) in [7, 11) is 2.98. The van der Waals surface area contributed by atoms with Gasteiger partial charge >= 0.3 is 5.97 Å². The number of ether oxygens (including phenoxy) is 3. The molecule has 0 saturated heterocycles. The lowest BCUT2D eigenvalue weighted by Gasteiger charge is -2.10. The SMILES string of the molecule is COc1ccc(C(=O)COC(=O)Cc2ccc(Cl)cc2)c(OC)c1. The molecule has 0 spiro atoms. The Bertz CT molecular complexity index is 725. The van der Waals surface area contributed by atoms with Crippen LogP contribution in [0.4, 0.5) is 0 Å². The summed E-state index contributed by atoms with van der Waals surface area (Å²) < 4.78 is 15.3. The van der Waals surface area contributed by atoms with Crippen molar-refractivity contribution in [2.75, 3.05) is 20.8 Å². The van der Waals surface area contributed by atoms with Crippen LogP contribution in [0.1, 0.15) is 15.9 Å². The zero-order chi connectivity index (χ0) is 17.5. The average Bonchev–Trinajstić information content (AvgIpc) is 2.61. The lowest BCUT2D eigenvalue weighted by atomic mass is 10.1. The molecule has 126 valence electrons. The van der Waals surface area contributed by atoms with E-state index in [-0.39, 0.29) is 18.8 Å². The molecule has 6 heteroatoms. The number of halogens is 1. The van der Waals surface area contributed by atoms with E-state index in [1.807, 2.05) is 0 Å². The number of ketones is 1. The molecule has 0 amide bonds. The molecule has 0 unspecified atom stereocenters. The van der Waals surface area contributed by atoms with Gasteiger partial charge in [-0.3, -0.25) is 9.59 Å². The third-order valence-corrected chi connectivity index (χ3v) is 3.59. The molecule has 0 aromatic heterocycles. The average molecular weight is 349 g/mol. The smallest absolute Gasteiger partial charge is 0.310 e. The van der Waals surface area contributed by atoms with E-state index in [4.69, 9.17) is 25.8 Å². The number of methoxy groups -OCH3 is 2. The Morgan fingerprint density at radius 2 is 1.71 bits per heavy atom. The first-order valence-corrected chi connectivity index (χ1v) is 7.56. The number of Topliss-reactive ketones (excluding diaryl/α,β-unsaturated/α-hetero) is 1. The largest absolute Gasteiger partial charge is 0.497 e. The van der Waals surface area contributed by atoms with Gasteiger partial charge < -0.3 is 14.2 Å². The molecule has 0 radical (unpaired) electrons. The molecule has 0 saturated carbocycles. The molecule has 5 nitrogen and oxygen atoms in total. The molecular formula is C18H17ClO5. The van der Waals surface area contributed by atoms with Gasteiger partial charge in [0.2, 0.25) is 5.78 Å². The molecule has 24 heavy (non-hydrogen) atoms. The van der Waals surface area contributed by atoms with E-state index in [9.17, 15) is 9.59 Å². The monoisotopic (exact) mass is 348 g/mol. The highest BCUT2D eigenvalue weighted by Gasteiger charge is 2.15. The molecule has 2 rings (SSSR count). The van der Waals surface area contributed by atoms with Crippen LogP contribution < -0.4 is 9.47 Å². The Balaban J connectivity index is 1.95. The van der Waals surface area contributed by atoms with Gasteiger partial charge in [-0.1, -0.05) is 23.7 Å². The van der Waals surface area contributed by atoms with Crippen molar-refractivity contribution in [2.24, 2.45) is 0 Å². The van der Waals surface area contributed by atoms with E-state index < -0.39 is 5.97 Å². The fourth-order valence-corrected chi connectivity index (χ4v) is 2.20. The molecule has 0 aliphatic heterocycles. The second-order valence-electron chi connectivity index (χ2n) is 4.95. The fourth-order valence-electron chi connectivity index (χ4n) is 2.07. The number of carbonyl (C=O) groups is 2. The zero-order valence-corrected chi connectivity index (χ0v) is 14.1. The Morgan fingerprint density at radius 1 is 1.00 bits per heavy atom. The number of carbonyl (C=O) groups excluding carboxylic acids is 2. The van der Waals surface area contributed by atoms with E-state index in [2.05, 4.69) is 0 Å². The Kier molecular flexibility index (Phi) is 6.21. The van der Waals surface area contributed by atoms with Crippen molar-refractivity contribution in [1.82, 2.24) is 0 Å². The molecule has 0 aliphatic carbocycles. The lowest BCUT2D eigenvalue weighted by molar-refractivity contribution is -0.141. The molecule has 0 heterocycles. The standard InChI is InChI=1S/C18H17ClO5/c1-22-14-7-8-15(17(10-14)23-2)16(20)11-24-18(21)9-12-3-5-13(19)6-4-12/h3-8,10H,9,11H2,1-2H3. The topological polar surface area (TPSA) is 61.8 Å². The minimum atomic E-state index is -0.488. The van der Waals surface area contributed by atoms with E-state index in [1.54, 1.807) is 42.5 Å². The first kappa shape index (κ1) is 17.8. The van der Waals surface area contributed by atoms with Crippen LogP contribution in [0, 0.1) is 0 Å². The Hall–Kier alpha value is -2.53. The highest BCUT2D eigenvalue weighted by molar-refractivity contribution is 6.30. The minimum absolute atomic E-state index is 0.0736. The summed E-state index contributed by atoms with van der Waals surface area (Å²) in [6.45, 7) is -0.352. The first-order chi connectivity index (χ1) is 11.5. The van der Waals surface area contributed by atoms with Gasteiger partial charge in [0.15, 0.2) is 6.61 Å². The third kappa shape index (κ3) is 4.73. The normalized spacial score (nSPS) is 10.1. The number of hydrogen-bond acceptors (Lipinski definition) is 5. The number of rotatable bonds is 7. The second kappa shape index (κ2) is 8.36. The number of hydrogen-bond donors (Lipinski definition) is 0. The van der Waals surface area contributed by atoms with Crippen LogP contribution in [0.15, 0.2) is 42.5 Å². The summed E-state index contributed by atoms with van der Waals surface area (Å²) in [4.78, 5) is 24.0. The van der Waals surface area contributed by atoms with Crippen LogP contribution in [0.5, 0.6) is 11.5 Å². The van der Waals surface area contributed by atoms with Gasteiger partial charge in [0.1, 0.15) is 11.5 Å². The van der Waals surface area contributed by atoms with Crippen molar-refractivity contribution in [3.8, 4) is 11.5 Å². The van der Waals surface area contributed by atoms with Gasteiger partial charge in [-0.15, -0.1) is 0 Å². The lowest BCUT2D eigenvalue weighted by Crippen LogP contribution is -2.16. The number of benzene rings is 2. The molecule has 2 aromatic rings. The molecular weight excluding hydrogens is 332 g/mol. The van der Waals surface area contributed by atoms with E-state index in [0.29, 0.717) is 22.1 Å². The highest BCUT2D eigenvalue weighted by Crippen LogP contribution is 2.25. The van der Waals surface area contributed by atoms with Crippen LogP contribution in [0.3, 0.4) is 0 Å². The number of esters is 1. The van der Waals surface area contributed by atoms with Crippen LogP contribution in [-0.4, -0.2) is 32.6 Å². The van der Waals surface area contributed by atoms with E-state index in [0.717, 1.165) is 5.56 Å². The summed E-state index contributed by atoms with van der Waals surface area (Å²) in [6, 6.07) is 11.7. The maximum Gasteiger partial charge on any atom is 0.310 e. The maximum absolute atomic E-state index is 12.2. The molecule has 0 atom stereocenters. The van der Waals surface area contributed by atoms with Crippen molar-refractivity contribution in [3.63, 3.8) is 0 Å². The van der Waals surface area contributed by atoms with E-state index in [1.165, 1.54) is 14.2 Å². The maximum atomic E-state index is 12.2. The zero-order valence-electron chi connectivity index (χ0n) is 13.4. The van der Waals surface area contributed by atoms with Gasteiger partial charge in [-0.25, -0.2) is 0 Å². The van der Waals surface area contributed by atoms with Gasteiger partial charge in [0.05, 0.1) is 26.2 Å². The van der Waals surface area contributed by atoms with Crippen molar-refractivity contribution in [3.05, 3.63) is 58.6 Å². The van der Waals surface area contributed by atoms with Crippen LogP contribution in [-0.2, 0) is 16.0 Å². The fraction of sp³-hybridized carbons (Fsp3) is 0.222. The van der Waals surface area contributed by atoms with Crippen molar-refractivity contribution in [1.29, 1.82) is 0 Å². The van der Waals surface area contributed by atoms with E-state index >= 15 is 0 Å².